The Balaban J connectivity index is 1.03. The number of nitrogens with one attached hydrogen (secondary N) is 3. The smallest absolute Gasteiger partial charge is 0.390 e. The molecule has 0 radical (unpaired) electrons. The molecule has 0 aliphatic carbocycles. The van der Waals surface area contributed by atoms with Crippen LogP contribution in [0.1, 0.15) is 49.1 Å². The van der Waals surface area contributed by atoms with E-state index in [4.69, 9.17) is 38.0 Å². The highest BCUT2D eigenvalue weighted by Crippen LogP contribution is 2.52. The summed E-state index contributed by atoms with van der Waals surface area (Å²) in [6.07, 6.45) is -7.45. The second kappa shape index (κ2) is 16.8. The van der Waals surface area contributed by atoms with E-state index >= 15 is 0 Å². The fourth-order valence-corrected chi connectivity index (χ4v) is 9.05. The molecule has 26 nitrogen and oxygen atoms in total. The predicted molar refractivity (Wildman–Crippen MR) is 201 cm³/mol. The van der Waals surface area contributed by atoms with Crippen LogP contribution in [0.15, 0.2) is 42.7 Å². The van der Waals surface area contributed by atoms with Crippen molar-refractivity contribution in [2.24, 2.45) is 0 Å². The van der Waals surface area contributed by atoms with Crippen LogP contribution in [0, 0.1) is 13.8 Å². The van der Waals surface area contributed by atoms with Crippen LogP contribution in [0.3, 0.4) is 0 Å². The van der Waals surface area contributed by atoms with Gasteiger partial charge in [-0.25, -0.2) is 23.7 Å². The molecular weight excluding hydrogens is 852 g/mol. The number of aromatic nitrogens is 8. The summed E-state index contributed by atoms with van der Waals surface area (Å²) in [4.78, 5) is 97.5. The zero-order chi connectivity index (χ0) is 42.6. The number of nitrogens with two attached hydrogens (primary N) is 1. The highest BCUT2D eigenvalue weighted by atomic mass is 32.1. The number of nitrogens with zero attached hydrogens (tertiary/aromatic N) is 5. The Labute approximate surface area is 334 Å². The van der Waals surface area contributed by atoms with Gasteiger partial charge in [-0.3, -0.25) is 61.1 Å². The van der Waals surface area contributed by atoms with Crippen LogP contribution >= 0.6 is 28.3 Å². The lowest BCUT2D eigenvalue weighted by Gasteiger charge is -2.24. The SMILES string of the molecule is Cc1cn([C@H]2C[C@H](OP(=O)(O)OC[C@H]3O[C@@H](n4cc(C)c(=O)[nH]c4=O)C[C@@H]3O)[C@@H](COP(=O)(O)O[C@H]3C[C@H](n4cnc5c(=O)[nH]c(N)nc54)O[C@@H]3CS)O2)c(=O)[nH]c1=O. The molecule has 3 aliphatic heterocycles. The number of ether oxygens (including phenoxy) is 3. The van der Waals surface area contributed by atoms with E-state index in [2.05, 4.69) is 37.5 Å². The van der Waals surface area contributed by atoms with Gasteiger partial charge in [0.05, 0.1) is 31.7 Å². The molecule has 59 heavy (non-hydrogen) atoms. The molecule has 0 amide bonds. The number of hydrogen-bond acceptors (Lipinski definition) is 19. The van der Waals surface area contributed by atoms with E-state index in [1.165, 1.54) is 37.1 Å². The Morgan fingerprint density at radius 3 is 1.85 bits per heavy atom. The van der Waals surface area contributed by atoms with Crippen molar-refractivity contribution in [2.75, 3.05) is 24.7 Å². The van der Waals surface area contributed by atoms with Crippen LogP contribution in [0.2, 0.25) is 0 Å². The molecule has 0 spiro atoms. The van der Waals surface area contributed by atoms with Gasteiger partial charge in [-0.05, 0) is 13.8 Å². The molecule has 3 aliphatic rings. The van der Waals surface area contributed by atoms with Crippen molar-refractivity contribution in [2.45, 2.75) is 88.4 Å². The van der Waals surface area contributed by atoms with E-state index in [-0.39, 0.29) is 53.3 Å². The van der Waals surface area contributed by atoms with E-state index in [1.807, 2.05) is 0 Å². The van der Waals surface area contributed by atoms with E-state index in [9.17, 15) is 48.0 Å². The summed E-state index contributed by atoms with van der Waals surface area (Å²) in [5.74, 6) is -0.160. The number of fused-ring (bicyclic) bond motifs is 1. The Kier molecular flexibility index (Phi) is 12.2. The molecule has 322 valence electrons. The first kappa shape index (κ1) is 43.0. The van der Waals surface area contributed by atoms with Gasteiger partial charge in [0, 0.05) is 48.5 Å². The molecule has 3 saturated heterocycles. The number of aliphatic hydroxyl groups is 1. The number of nitrogen functional groups attached to an aromatic ring is 1. The number of imidazole rings is 1. The largest absolute Gasteiger partial charge is 0.472 e. The van der Waals surface area contributed by atoms with Crippen LogP contribution in [0.4, 0.5) is 5.95 Å². The zero-order valence-corrected chi connectivity index (χ0v) is 33.6. The quantitative estimate of drug-likeness (QED) is 0.0532. The maximum atomic E-state index is 13.4. The minimum atomic E-state index is -5.09. The van der Waals surface area contributed by atoms with Crippen molar-refractivity contribution >= 4 is 45.4 Å². The van der Waals surface area contributed by atoms with Gasteiger partial charge in [-0.2, -0.15) is 17.6 Å². The molecule has 7 heterocycles. The monoisotopic (exact) mass is 891 g/mol. The molecule has 8 N–H and O–H groups in total. The van der Waals surface area contributed by atoms with Crippen molar-refractivity contribution in [1.82, 2.24) is 38.6 Å². The number of aryl methyl sites for hydroxylation is 2. The lowest BCUT2D eigenvalue weighted by molar-refractivity contribution is -0.0590. The van der Waals surface area contributed by atoms with Crippen LogP contribution < -0.4 is 33.8 Å². The van der Waals surface area contributed by atoms with Crippen LogP contribution in [0.25, 0.3) is 11.2 Å². The maximum Gasteiger partial charge on any atom is 0.472 e. The van der Waals surface area contributed by atoms with E-state index in [0.717, 1.165) is 9.13 Å². The summed E-state index contributed by atoms with van der Waals surface area (Å²) >= 11 is 4.26. The Morgan fingerprint density at radius 1 is 0.780 bits per heavy atom. The van der Waals surface area contributed by atoms with Gasteiger partial charge < -0.3 is 34.8 Å². The Morgan fingerprint density at radius 2 is 1.27 bits per heavy atom. The van der Waals surface area contributed by atoms with Gasteiger partial charge in [0.2, 0.25) is 5.95 Å². The number of anilines is 1. The molecule has 7 rings (SSSR count). The number of phosphoric acid groups is 2. The lowest BCUT2D eigenvalue weighted by atomic mass is 10.2. The van der Waals surface area contributed by atoms with Crippen LogP contribution in [0.5, 0.6) is 0 Å². The highest BCUT2D eigenvalue weighted by molar-refractivity contribution is 7.80. The van der Waals surface area contributed by atoms with E-state index in [1.54, 1.807) is 0 Å². The highest BCUT2D eigenvalue weighted by Gasteiger charge is 2.46. The standard InChI is InChI=1S/C30H39N9O17P2S/c1-12-6-37(29(44)35-25(12)41)20-3-14(40)17(52-20)8-50-57(46,47)55-15-4-21(38-7-13(2)26(42)36-30(38)45)53-18(15)9-51-58(48,49)56-16-5-22(54-19(16)10-59)39-11-32-23-24(39)33-28(31)34-27(23)43/h6-7,11,14-22,40,59H,3-5,8-10H2,1-2H3,(H,46,47)(H,48,49)(H,35,41,44)(H,36,42,45)(H3,31,33,34,43)/t14-,15-,16-,17+,18+,19+,20+,21+,22+/m0/s1. The minimum Gasteiger partial charge on any atom is -0.390 e. The number of H-pyrrole nitrogens is 3. The van der Waals surface area contributed by atoms with Crippen LogP contribution in [-0.2, 0) is 41.4 Å². The molecule has 29 heteroatoms. The number of aromatic amines is 3. The number of aliphatic hydroxyl groups excluding tert-OH is 1. The first-order valence-corrected chi connectivity index (χ1v) is 21.4. The fourth-order valence-electron chi connectivity index (χ4n) is 6.81. The van der Waals surface area contributed by atoms with Crippen molar-refractivity contribution < 1.29 is 56.3 Å². The predicted octanol–water partition coefficient (Wildman–Crippen LogP) is -1.42. The lowest BCUT2D eigenvalue weighted by Crippen LogP contribution is -2.33. The third-order valence-corrected chi connectivity index (χ3v) is 12.1. The first-order valence-electron chi connectivity index (χ1n) is 17.7. The maximum absolute atomic E-state index is 13.4. The topological polar surface area (TPSA) is 359 Å². The zero-order valence-electron chi connectivity index (χ0n) is 30.9. The average molecular weight is 892 g/mol. The number of hydrogen-bond donors (Lipinski definition) is 8. The normalized spacial score (nSPS) is 29.2. The van der Waals surface area contributed by atoms with Crippen LogP contribution in [-0.4, -0.2) is 109 Å². The van der Waals surface area contributed by atoms with Crippen molar-refractivity contribution in [3.05, 3.63) is 81.9 Å². The molecule has 4 aromatic rings. The summed E-state index contributed by atoms with van der Waals surface area (Å²) in [5, 5.41) is 10.6. The molecule has 2 unspecified atom stereocenters. The summed E-state index contributed by atoms with van der Waals surface area (Å²) in [5.41, 5.74) is 2.51. The third kappa shape index (κ3) is 9.31. The van der Waals surface area contributed by atoms with Crippen molar-refractivity contribution in [3.63, 3.8) is 0 Å². The summed E-state index contributed by atoms with van der Waals surface area (Å²) in [7, 11) is -10.1. The molecule has 0 aromatic carbocycles. The number of thiol groups is 1. The molecule has 11 atom stereocenters. The second-order valence-electron chi connectivity index (χ2n) is 13.9. The van der Waals surface area contributed by atoms with Gasteiger partial charge in [0.1, 0.15) is 43.1 Å². The fraction of sp³-hybridized carbons (Fsp3) is 0.567. The number of rotatable bonds is 14. The Bertz CT molecular complexity index is 2630. The second-order valence-corrected chi connectivity index (χ2v) is 17.1. The molecule has 0 saturated carbocycles. The molecule has 0 bridgehead atoms. The molecule has 3 fully saturated rings. The minimum absolute atomic E-state index is 0.0152. The van der Waals surface area contributed by atoms with Crippen molar-refractivity contribution in [3.8, 4) is 0 Å². The third-order valence-electron chi connectivity index (χ3n) is 9.76. The number of phosphoric ester groups is 2. The van der Waals surface area contributed by atoms with Crippen molar-refractivity contribution in [1.29, 1.82) is 0 Å². The Hall–Kier alpha value is -4.08. The summed E-state index contributed by atoms with van der Waals surface area (Å²) in [6, 6.07) is 0. The van der Waals surface area contributed by atoms with Gasteiger partial charge in [0.25, 0.3) is 16.7 Å². The van der Waals surface area contributed by atoms with Gasteiger partial charge in [0.15, 0.2) is 11.2 Å². The molecule has 4 aromatic heterocycles. The van der Waals surface area contributed by atoms with E-state index < -0.39 is 112 Å². The van der Waals surface area contributed by atoms with Gasteiger partial charge in [-0.1, -0.05) is 0 Å². The van der Waals surface area contributed by atoms with Gasteiger partial charge >= 0.3 is 27.0 Å². The first-order chi connectivity index (χ1) is 27.8. The summed E-state index contributed by atoms with van der Waals surface area (Å²) < 4.78 is 69.0. The van der Waals surface area contributed by atoms with E-state index in [0.29, 0.717) is 0 Å². The average Bonchev–Trinajstić information content (AvgIpc) is 3.94. The molecular formula is C30H39N9O17P2S. The summed E-state index contributed by atoms with van der Waals surface area (Å²) in [6.45, 7) is 1.35. The van der Waals surface area contributed by atoms with Gasteiger partial charge in [-0.15, -0.1) is 0 Å².